The van der Waals surface area contributed by atoms with Crippen LogP contribution in [0.2, 0.25) is 10.2 Å². The van der Waals surface area contributed by atoms with Crippen LogP contribution in [0.5, 0.6) is 0 Å². The molecule has 0 aliphatic rings. The molecule has 1 aromatic heterocycles. The molecule has 0 fully saturated rings. The van der Waals surface area contributed by atoms with Gasteiger partial charge >= 0.3 is 0 Å². The Morgan fingerprint density at radius 3 is 2.50 bits per heavy atom. The van der Waals surface area contributed by atoms with Gasteiger partial charge in [0, 0.05) is 23.0 Å². The van der Waals surface area contributed by atoms with Crippen LogP contribution in [-0.4, -0.2) is 9.97 Å². The molecule has 0 saturated carbocycles. The molecule has 2 nitrogen and oxygen atoms in total. The second-order valence-corrected chi connectivity index (χ2v) is 3.50. The van der Waals surface area contributed by atoms with Gasteiger partial charge in [0.15, 0.2) is 5.15 Å². The van der Waals surface area contributed by atoms with Crippen LogP contribution in [0.1, 0.15) is 0 Å². The lowest BCUT2D eigenvalue weighted by Gasteiger charge is -2.01. The van der Waals surface area contributed by atoms with Crippen molar-refractivity contribution in [3.05, 3.63) is 46.8 Å². The third kappa shape index (κ3) is 1.86. The normalized spacial score (nSPS) is 10.1. The smallest absolute Gasteiger partial charge is 0.155 e. The molecule has 2 rings (SSSR count). The Hall–Kier alpha value is -1.12. The molecule has 0 radical (unpaired) electrons. The number of hydrogen-bond donors (Lipinski definition) is 0. The highest BCUT2D eigenvalue weighted by atomic mass is 35.5. The van der Waals surface area contributed by atoms with E-state index in [2.05, 4.69) is 9.97 Å². The van der Waals surface area contributed by atoms with Gasteiger partial charge in [-0.2, -0.15) is 0 Å². The number of benzene rings is 1. The fourth-order valence-corrected chi connectivity index (χ4v) is 1.56. The average molecular weight is 225 g/mol. The van der Waals surface area contributed by atoms with Crippen molar-refractivity contribution in [2.24, 2.45) is 0 Å². The van der Waals surface area contributed by atoms with Crippen molar-refractivity contribution in [3.63, 3.8) is 0 Å². The molecule has 0 amide bonds. The standard InChI is InChI=1S/C10H6Cl2N2/c11-8-3-1-2-7(6-8)9-10(12)14-5-4-13-9/h1-6H. The molecular formula is C10H6Cl2N2. The van der Waals surface area contributed by atoms with Gasteiger partial charge < -0.3 is 0 Å². The summed E-state index contributed by atoms with van der Waals surface area (Å²) < 4.78 is 0. The fraction of sp³-hybridized carbons (Fsp3) is 0. The average Bonchev–Trinajstić information content (AvgIpc) is 2.18. The maximum absolute atomic E-state index is 5.89. The maximum Gasteiger partial charge on any atom is 0.155 e. The van der Waals surface area contributed by atoms with Gasteiger partial charge in [-0.15, -0.1) is 0 Å². The second kappa shape index (κ2) is 3.95. The molecule has 0 N–H and O–H groups in total. The van der Waals surface area contributed by atoms with Crippen molar-refractivity contribution in [3.8, 4) is 11.3 Å². The topological polar surface area (TPSA) is 25.8 Å². The van der Waals surface area contributed by atoms with Crippen LogP contribution >= 0.6 is 23.2 Å². The lowest BCUT2D eigenvalue weighted by Crippen LogP contribution is -1.86. The highest BCUT2D eigenvalue weighted by Crippen LogP contribution is 2.25. The van der Waals surface area contributed by atoms with Gasteiger partial charge in [0.25, 0.3) is 0 Å². The Kier molecular flexibility index (Phi) is 2.66. The van der Waals surface area contributed by atoms with Crippen LogP contribution in [0, 0.1) is 0 Å². The van der Waals surface area contributed by atoms with Crippen LogP contribution in [-0.2, 0) is 0 Å². The summed E-state index contributed by atoms with van der Waals surface area (Å²) in [6.45, 7) is 0. The van der Waals surface area contributed by atoms with Gasteiger partial charge in [0.1, 0.15) is 5.69 Å². The predicted molar refractivity (Wildman–Crippen MR) is 57.5 cm³/mol. The first-order valence-corrected chi connectivity index (χ1v) is 4.75. The number of aromatic nitrogens is 2. The van der Waals surface area contributed by atoms with Gasteiger partial charge in [-0.3, -0.25) is 4.98 Å². The zero-order chi connectivity index (χ0) is 9.97. The van der Waals surface area contributed by atoms with Crippen molar-refractivity contribution in [1.29, 1.82) is 0 Å². The molecule has 14 heavy (non-hydrogen) atoms. The van der Waals surface area contributed by atoms with E-state index < -0.39 is 0 Å². The fourth-order valence-electron chi connectivity index (χ4n) is 1.15. The van der Waals surface area contributed by atoms with E-state index in [4.69, 9.17) is 23.2 Å². The number of halogens is 2. The van der Waals surface area contributed by atoms with Gasteiger partial charge in [-0.25, -0.2) is 4.98 Å². The Balaban J connectivity index is 2.55. The molecule has 2 aromatic rings. The van der Waals surface area contributed by atoms with Crippen molar-refractivity contribution >= 4 is 23.2 Å². The molecule has 1 aromatic carbocycles. The van der Waals surface area contributed by atoms with Crippen LogP contribution in [0.3, 0.4) is 0 Å². The van der Waals surface area contributed by atoms with E-state index in [0.29, 0.717) is 15.9 Å². The van der Waals surface area contributed by atoms with E-state index in [1.54, 1.807) is 24.5 Å². The predicted octanol–water partition coefficient (Wildman–Crippen LogP) is 3.45. The van der Waals surface area contributed by atoms with E-state index in [0.717, 1.165) is 5.56 Å². The second-order valence-electron chi connectivity index (χ2n) is 2.71. The highest BCUT2D eigenvalue weighted by molar-refractivity contribution is 6.32. The first kappa shape index (κ1) is 9.44. The Morgan fingerprint density at radius 1 is 1.00 bits per heavy atom. The van der Waals surface area contributed by atoms with E-state index in [1.807, 2.05) is 12.1 Å². The molecule has 0 aliphatic heterocycles. The third-order valence-corrected chi connectivity index (χ3v) is 2.26. The quantitative estimate of drug-likeness (QED) is 0.742. The summed E-state index contributed by atoms with van der Waals surface area (Å²) in [6.07, 6.45) is 3.15. The van der Waals surface area contributed by atoms with Gasteiger partial charge in [-0.1, -0.05) is 35.3 Å². The van der Waals surface area contributed by atoms with Crippen LogP contribution in [0.25, 0.3) is 11.3 Å². The summed E-state index contributed by atoms with van der Waals surface area (Å²) in [4.78, 5) is 8.08. The SMILES string of the molecule is Clc1cccc(-c2nccnc2Cl)c1. The van der Waals surface area contributed by atoms with E-state index in [9.17, 15) is 0 Å². The van der Waals surface area contributed by atoms with Gasteiger partial charge in [0.2, 0.25) is 0 Å². The first-order valence-electron chi connectivity index (χ1n) is 4.00. The Morgan fingerprint density at radius 2 is 1.79 bits per heavy atom. The summed E-state index contributed by atoms with van der Waals surface area (Å²) in [5.41, 5.74) is 1.52. The molecule has 0 aliphatic carbocycles. The lowest BCUT2D eigenvalue weighted by atomic mass is 10.2. The molecular weight excluding hydrogens is 219 g/mol. The van der Waals surface area contributed by atoms with Crippen LogP contribution in [0.4, 0.5) is 0 Å². The lowest BCUT2D eigenvalue weighted by molar-refractivity contribution is 1.21. The molecule has 0 atom stereocenters. The molecule has 0 saturated heterocycles. The van der Waals surface area contributed by atoms with E-state index in [1.165, 1.54) is 0 Å². The Bertz CT molecular complexity index is 457. The molecule has 0 unspecified atom stereocenters. The summed E-state index contributed by atoms with van der Waals surface area (Å²) >= 11 is 11.8. The van der Waals surface area contributed by atoms with E-state index in [-0.39, 0.29) is 0 Å². The molecule has 0 bridgehead atoms. The minimum Gasteiger partial charge on any atom is -0.251 e. The van der Waals surface area contributed by atoms with Gasteiger partial charge in [0.05, 0.1) is 0 Å². The minimum absolute atomic E-state index is 0.384. The monoisotopic (exact) mass is 224 g/mol. The minimum atomic E-state index is 0.384. The Labute approximate surface area is 91.5 Å². The summed E-state index contributed by atoms with van der Waals surface area (Å²) in [7, 11) is 0. The number of hydrogen-bond acceptors (Lipinski definition) is 2. The zero-order valence-electron chi connectivity index (χ0n) is 7.11. The van der Waals surface area contributed by atoms with Crippen molar-refractivity contribution in [1.82, 2.24) is 9.97 Å². The number of rotatable bonds is 1. The summed E-state index contributed by atoms with van der Waals surface area (Å²) in [5.74, 6) is 0. The van der Waals surface area contributed by atoms with Crippen LogP contribution in [0.15, 0.2) is 36.7 Å². The molecule has 70 valence electrons. The van der Waals surface area contributed by atoms with Crippen LogP contribution < -0.4 is 0 Å². The highest BCUT2D eigenvalue weighted by Gasteiger charge is 2.04. The largest absolute Gasteiger partial charge is 0.251 e. The molecule has 1 heterocycles. The summed E-state index contributed by atoms with van der Waals surface area (Å²) in [6, 6.07) is 7.34. The zero-order valence-corrected chi connectivity index (χ0v) is 8.63. The van der Waals surface area contributed by atoms with Crippen molar-refractivity contribution < 1.29 is 0 Å². The third-order valence-electron chi connectivity index (χ3n) is 1.75. The maximum atomic E-state index is 5.89. The number of nitrogens with zero attached hydrogens (tertiary/aromatic N) is 2. The molecule has 4 heteroatoms. The van der Waals surface area contributed by atoms with E-state index >= 15 is 0 Å². The molecule has 0 spiro atoms. The van der Waals surface area contributed by atoms with Crippen molar-refractivity contribution in [2.45, 2.75) is 0 Å². The van der Waals surface area contributed by atoms with Gasteiger partial charge in [-0.05, 0) is 12.1 Å². The first-order chi connectivity index (χ1) is 6.77. The summed E-state index contributed by atoms with van der Waals surface area (Å²) in [5, 5.41) is 1.04. The van der Waals surface area contributed by atoms with Crippen molar-refractivity contribution in [2.75, 3.05) is 0 Å².